The van der Waals surface area contributed by atoms with Gasteiger partial charge in [-0.05, 0) is 32.1 Å². The van der Waals surface area contributed by atoms with Crippen molar-refractivity contribution in [2.45, 2.75) is 39.8 Å². The molecule has 0 saturated heterocycles. The van der Waals surface area contributed by atoms with Gasteiger partial charge in [0.15, 0.2) is 0 Å². The molecule has 0 aromatic carbocycles. The van der Waals surface area contributed by atoms with Crippen molar-refractivity contribution < 1.29 is 0 Å². The molecule has 2 rings (SSSR count). The molecule has 0 radical (unpaired) electrons. The van der Waals surface area contributed by atoms with Gasteiger partial charge in [0.05, 0.1) is 5.51 Å². The molecule has 0 aliphatic heterocycles. The Morgan fingerprint density at radius 3 is 2.80 bits per heavy atom. The van der Waals surface area contributed by atoms with Crippen LogP contribution in [-0.4, -0.2) is 22.5 Å². The molecule has 84 valence electrons. The first kappa shape index (κ1) is 11.1. The van der Waals surface area contributed by atoms with Crippen LogP contribution in [0.5, 0.6) is 0 Å². The van der Waals surface area contributed by atoms with Crippen LogP contribution in [0.15, 0.2) is 11.7 Å². The van der Waals surface area contributed by atoms with E-state index in [1.54, 1.807) is 11.3 Å². The lowest BCUT2D eigenvalue weighted by Gasteiger charge is -2.25. The van der Waals surface area contributed by atoms with Gasteiger partial charge in [-0.25, -0.2) is 0 Å². The van der Waals surface area contributed by atoms with Crippen LogP contribution in [-0.2, 0) is 6.54 Å². The molecule has 3 heteroatoms. The van der Waals surface area contributed by atoms with Gasteiger partial charge in [0.2, 0.25) is 0 Å². The van der Waals surface area contributed by atoms with Gasteiger partial charge in [0.1, 0.15) is 0 Å². The normalized spacial score (nSPS) is 25.1. The van der Waals surface area contributed by atoms with Crippen LogP contribution >= 0.6 is 11.3 Å². The van der Waals surface area contributed by atoms with E-state index in [-0.39, 0.29) is 0 Å². The first-order valence-corrected chi connectivity index (χ1v) is 6.66. The summed E-state index contributed by atoms with van der Waals surface area (Å²) in [5.41, 5.74) is 1.92. The maximum Gasteiger partial charge on any atom is 0.0794 e. The molecule has 0 amide bonds. The Morgan fingerprint density at radius 2 is 2.33 bits per heavy atom. The van der Waals surface area contributed by atoms with Crippen molar-refractivity contribution in [2.24, 2.45) is 11.8 Å². The number of nitrogens with zero attached hydrogens (tertiary/aromatic N) is 2. The van der Waals surface area contributed by atoms with Crippen molar-refractivity contribution in [2.75, 3.05) is 6.54 Å². The maximum absolute atomic E-state index is 4.14. The zero-order valence-electron chi connectivity index (χ0n) is 9.81. The van der Waals surface area contributed by atoms with E-state index in [0.717, 1.165) is 18.4 Å². The van der Waals surface area contributed by atoms with E-state index >= 15 is 0 Å². The van der Waals surface area contributed by atoms with E-state index in [4.69, 9.17) is 0 Å². The first-order valence-electron chi connectivity index (χ1n) is 5.78. The zero-order valence-corrected chi connectivity index (χ0v) is 10.6. The Bertz CT molecular complexity index is 295. The average Bonchev–Trinajstić information content (AvgIpc) is 2.66. The lowest BCUT2D eigenvalue weighted by Crippen LogP contribution is -2.32. The van der Waals surface area contributed by atoms with Gasteiger partial charge >= 0.3 is 0 Å². The highest BCUT2D eigenvalue weighted by molar-refractivity contribution is 7.09. The fourth-order valence-electron chi connectivity index (χ4n) is 1.93. The van der Waals surface area contributed by atoms with Crippen molar-refractivity contribution in [3.05, 3.63) is 16.6 Å². The third-order valence-electron chi connectivity index (χ3n) is 3.32. The Hall–Kier alpha value is -0.410. The Morgan fingerprint density at radius 1 is 1.60 bits per heavy atom. The standard InChI is InChI=1S/C12H20N2S/c1-9(2)14(6-11-4-10(11)3)7-12-5-13-8-15-12/h5,8-11H,4,6-7H2,1-3H3. The molecule has 2 atom stereocenters. The predicted molar refractivity (Wildman–Crippen MR) is 64.9 cm³/mol. The molecule has 0 N–H and O–H groups in total. The summed E-state index contributed by atoms with van der Waals surface area (Å²) in [5.74, 6) is 1.90. The van der Waals surface area contributed by atoms with Gasteiger partial charge in [-0.15, -0.1) is 11.3 Å². The zero-order chi connectivity index (χ0) is 10.8. The van der Waals surface area contributed by atoms with Crippen LogP contribution in [0.1, 0.15) is 32.1 Å². The third-order valence-corrected chi connectivity index (χ3v) is 4.08. The van der Waals surface area contributed by atoms with Crippen LogP contribution in [0.3, 0.4) is 0 Å². The van der Waals surface area contributed by atoms with Crippen LogP contribution < -0.4 is 0 Å². The molecule has 1 heterocycles. The fraction of sp³-hybridized carbons (Fsp3) is 0.750. The summed E-state index contributed by atoms with van der Waals surface area (Å²) in [6, 6.07) is 0.639. The molecular weight excluding hydrogens is 204 g/mol. The van der Waals surface area contributed by atoms with Gasteiger partial charge in [-0.2, -0.15) is 0 Å². The molecule has 1 fully saturated rings. The summed E-state index contributed by atoms with van der Waals surface area (Å²) in [6.07, 6.45) is 3.42. The van der Waals surface area contributed by atoms with Crippen LogP contribution in [0.2, 0.25) is 0 Å². The predicted octanol–water partition coefficient (Wildman–Crippen LogP) is 3.01. The highest BCUT2D eigenvalue weighted by Gasteiger charge is 2.34. The van der Waals surface area contributed by atoms with E-state index in [1.165, 1.54) is 17.8 Å². The quantitative estimate of drug-likeness (QED) is 0.764. The van der Waals surface area contributed by atoms with Crippen molar-refractivity contribution in [3.8, 4) is 0 Å². The second-order valence-corrected chi connectivity index (χ2v) is 5.93. The number of rotatable bonds is 5. The van der Waals surface area contributed by atoms with Crippen molar-refractivity contribution in [3.63, 3.8) is 0 Å². The smallest absolute Gasteiger partial charge is 0.0794 e. The summed E-state index contributed by atoms with van der Waals surface area (Å²) in [6.45, 7) is 9.26. The van der Waals surface area contributed by atoms with Crippen LogP contribution in [0, 0.1) is 11.8 Å². The Labute approximate surface area is 96.3 Å². The van der Waals surface area contributed by atoms with Gasteiger partial charge in [-0.1, -0.05) is 6.92 Å². The van der Waals surface area contributed by atoms with E-state index in [2.05, 4.69) is 30.7 Å². The molecule has 0 bridgehead atoms. The van der Waals surface area contributed by atoms with Gasteiger partial charge in [0.25, 0.3) is 0 Å². The van der Waals surface area contributed by atoms with Crippen molar-refractivity contribution in [1.29, 1.82) is 0 Å². The molecule has 1 aromatic heterocycles. The summed E-state index contributed by atoms with van der Waals surface area (Å²) in [5, 5.41) is 0. The summed E-state index contributed by atoms with van der Waals surface area (Å²) in [4.78, 5) is 8.09. The molecule has 1 aliphatic carbocycles. The average molecular weight is 224 g/mol. The van der Waals surface area contributed by atoms with E-state index < -0.39 is 0 Å². The summed E-state index contributed by atoms with van der Waals surface area (Å²) < 4.78 is 0. The SMILES string of the molecule is CC1CC1CN(Cc1cncs1)C(C)C. The molecule has 1 aromatic rings. The second kappa shape index (κ2) is 4.62. The minimum Gasteiger partial charge on any atom is -0.296 e. The highest BCUT2D eigenvalue weighted by Crippen LogP contribution is 2.38. The molecule has 2 unspecified atom stereocenters. The number of aromatic nitrogens is 1. The fourth-order valence-corrected chi connectivity index (χ4v) is 2.55. The number of hydrogen-bond acceptors (Lipinski definition) is 3. The van der Waals surface area contributed by atoms with Crippen molar-refractivity contribution in [1.82, 2.24) is 9.88 Å². The van der Waals surface area contributed by atoms with Gasteiger partial charge in [0, 0.05) is 30.2 Å². The maximum atomic E-state index is 4.14. The minimum absolute atomic E-state index is 0.639. The summed E-state index contributed by atoms with van der Waals surface area (Å²) in [7, 11) is 0. The Balaban J connectivity index is 1.88. The second-order valence-electron chi connectivity index (χ2n) is 4.96. The van der Waals surface area contributed by atoms with E-state index in [1.807, 2.05) is 11.7 Å². The topological polar surface area (TPSA) is 16.1 Å². The number of thiazole rings is 1. The lowest BCUT2D eigenvalue weighted by atomic mass is 10.2. The van der Waals surface area contributed by atoms with E-state index in [0.29, 0.717) is 6.04 Å². The van der Waals surface area contributed by atoms with Gasteiger partial charge < -0.3 is 0 Å². The molecule has 15 heavy (non-hydrogen) atoms. The van der Waals surface area contributed by atoms with Crippen LogP contribution in [0.4, 0.5) is 0 Å². The number of hydrogen-bond donors (Lipinski definition) is 0. The van der Waals surface area contributed by atoms with Crippen molar-refractivity contribution >= 4 is 11.3 Å². The Kier molecular flexibility index (Phi) is 3.42. The first-order chi connectivity index (χ1) is 7.16. The third kappa shape index (κ3) is 3.02. The van der Waals surface area contributed by atoms with E-state index in [9.17, 15) is 0 Å². The molecular formula is C12H20N2S. The minimum atomic E-state index is 0.639. The molecule has 1 saturated carbocycles. The molecule has 1 aliphatic rings. The highest BCUT2D eigenvalue weighted by atomic mass is 32.1. The van der Waals surface area contributed by atoms with Gasteiger partial charge in [-0.3, -0.25) is 9.88 Å². The van der Waals surface area contributed by atoms with Crippen LogP contribution in [0.25, 0.3) is 0 Å². The largest absolute Gasteiger partial charge is 0.296 e. The molecule has 0 spiro atoms. The summed E-state index contributed by atoms with van der Waals surface area (Å²) >= 11 is 1.76. The lowest BCUT2D eigenvalue weighted by molar-refractivity contribution is 0.202. The monoisotopic (exact) mass is 224 g/mol. The molecule has 2 nitrogen and oxygen atoms in total.